The van der Waals surface area contributed by atoms with Crippen molar-refractivity contribution in [3.05, 3.63) is 39.4 Å². The Morgan fingerprint density at radius 1 is 1.48 bits per heavy atom. The van der Waals surface area contributed by atoms with Gasteiger partial charge in [0.15, 0.2) is 0 Å². The summed E-state index contributed by atoms with van der Waals surface area (Å²) in [7, 11) is 0. The maximum atomic E-state index is 12.5. The number of nitro groups is 1. The fourth-order valence-electron chi connectivity index (χ4n) is 2.62. The van der Waals surface area contributed by atoms with Gasteiger partial charge in [-0.2, -0.15) is 0 Å². The number of rotatable bonds is 3. The highest BCUT2D eigenvalue weighted by Gasteiger charge is 2.27. The molecule has 7 heteroatoms. The van der Waals surface area contributed by atoms with E-state index in [4.69, 9.17) is 5.73 Å². The summed E-state index contributed by atoms with van der Waals surface area (Å²) in [5.41, 5.74) is 6.61. The largest absolute Gasteiger partial charge is 0.334 e. The van der Waals surface area contributed by atoms with Crippen LogP contribution in [0.25, 0.3) is 0 Å². The highest BCUT2D eigenvalue weighted by Crippen LogP contribution is 2.23. The predicted octanol–water partition coefficient (Wildman–Crippen LogP) is 2.28. The van der Waals surface area contributed by atoms with Crippen LogP contribution in [0.4, 0.5) is 5.69 Å². The third-order valence-electron chi connectivity index (χ3n) is 3.81. The number of halogens is 1. The van der Waals surface area contributed by atoms with Crippen LogP contribution in [0.1, 0.15) is 35.2 Å². The molecule has 1 heterocycles. The van der Waals surface area contributed by atoms with Crippen molar-refractivity contribution in [2.45, 2.75) is 32.2 Å². The van der Waals surface area contributed by atoms with E-state index in [-0.39, 0.29) is 30.0 Å². The first-order chi connectivity index (χ1) is 9.54. The average Bonchev–Trinajstić information content (AvgIpc) is 2.46. The number of nitrogens with two attached hydrogens (primary N) is 1. The smallest absolute Gasteiger partial charge is 0.273 e. The zero-order chi connectivity index (χ0) is 14.7. The number of nitro benzene ring substituents is 1. The normalized spacial score (nSPS) is 18.0. The third-order valence-corrected chi connectivity index (χ3v) is 3.81. The Balaban J connectivity index is 0.00000220. The minimum Gasteiger partial charge on any atom is -0.334 e. The Morgan fingerprint density at radius 2 is 2.19 bits per heavy atom. The number of likely N-dealkylation sites (tertiary alicyclic amines) is 1. The van der Waals surface area contributed by atoms with E-state index in [2.05, 4.69) is 0 Å². The van der Waals surface area contributed by atoms with Crippen LogP contribution < -0.4 is 5.73 Å². The second-order valence-corrected chi connectivity index (χ2v) is 5.14. The van der Waals surface area contributed by atoms with E-state index in [1.54, 1.807) is 24.0 Å². The Hall–Kier alpha value is -1.66. The molecule has 0 bridgehead atoms. The number of amides is 1. The molecule has 0 aromatic heterocycles. The lowest BCUT2D eigenvalue weighted by Gasteiger charge is -2.35. The van der Waals surface area contributed by atoms with Crippen LogP contribution in [0.5, 0.6) is 0 Å². The second-order valence-electron chi connectivity index (χ2n) is 5.14. The van der Waals surface area contributed by atoms with E-state index in [0.29, 0.717) is 24.2 Å². The van der Waals surface area contributed by atoms with Crippen LogP contribution in [0.3, 0.4) is 0 Å². The van der Waals surface area contributed by atoms with Gasteiger partial charge >= 0.3 is 0 Å². The van der Waals surface area contributed by atoms with Crippen LogP contribution in [-0.4, -0.2) is 34.9 Å². The van der Waals surface area contributed by atoms with E-state index in [9.17, 15) is 14.9 Å². The monoisotopic (exact) mass is 313 g/mol. The zero-order valence-electron chi connectivity index (χ0n) is 11.9. The van der Waals surface area contributed by atoms with Gasteiger partial charge in [-0.15, -0.1) is 12.4 Å². The van der Waals surface area contributed by atoms with Crippen molar-refractivity contribution in [2.24, 2.45) is 5.73 Å². The number of piperidine rings is 1. The van der Waals surface area contributed by atoms with E-state index >= 15 is 0 Å². The van der Waals surface area contributed by atoms with Gasteiger partial charge in [0.05, 0.1) is 4.92 Å². The van der Waals surface area contributed by atoms with Crippen molar-refractivity contribution in [3.8, 4) is 0 Å². The van der Waals surface area contributed by atoms with E-state index in [0.717, 1.165) is 19.3 Å². The number of hydrogen-bond donors (Lipinski definition) is 1. The fraction of sp³-hybridized carbons (Fsp3) is 0.500. The topological polar surface area (TPSA) is 89.5 Å². The number of carbonyl (C=O) groups excluding carboxylic acids is 1. The summed E-state index contributed by atoms with van der Waals surface area (Å²) < 4.78 is 0. The van der Waals surface area contributed by atoms with Crippen LogP contribution in [0.15, 0.2) is 18.2 Å². The summed E-state index contributed by atoms with van der Waals surface area (Å²) in [5, 5.41) is 11.0. The van der Waals surface area contributed by atoms with Crippen molar-refractivity contribution in [1.82, 2.24) is 4.90 Å². The van der Waals surface area contributed by atoms with Gasteiger partial charge in [0, 0.05) is 36.3 Å². The molecule has 1 saturated heterocycles. The summed E-state index contributed by atoms with van der Waals surface area (Å²) >= 11 is 0. The molecule has 0 aliphatic carbocycles. The summed E-state index contributed by atoms with van der Waals surface area (Å²) in [6.45, 7) is 2.76. The van der Waals surface area contributed by atoms with Gasteiger partial charge in [-0.25, -0.2) is 0 Å². The van der Waals surface area contributed by atoms with Gasteiger partial charge in [0.1, 0.15) is 0 Å². The Labute approximate surface area is 129 Å². The van der Waals surface area contributed by atoms with Crippen LogP contribution in [-0.2, 0) is 0 Å². The van der Waals surface area contributed by atoms with Gasteiger partial charge in [-0.05, 0) is 32.3 Å². The molecule has 6 nitrogen and oxygen atoms in total. The summed E-state index contributed by atoms with van der Waals surface area (Å²) in [4.78, 5) is 24.7. The average molecular weight is 314 g/mol. The third kappa shape index (κ3) is 3.71. The van der Waals surface area contributed by atoms with Crippen molar-refractivity contribution in [3.63, 3.8) is 0 Å². The molecular weight excluding hydrogens is 294 g/mol. The fourth-order valence-corrected chi connectivity index (χ4v) is 2.62. The van der Waals surface area contributed by atoms with Crippen LogP contribution >= 0.6 is 12.4 Å². The number of nitrogens with zero attached hydrogens (tertiary/aromatic N) is 2. The number of carbonyl (C=O) groups is 1. The molecule has 0 saturated carbocycles. The molecule has 21 heavy (non-hydrogen) atoms. The predicted molar refractivity (Wildman–Crippen MR) is 82.8 cm³/mol. The van der Waals surface area contributed by atoms with Gasteiger partial charge < -0.3 is 10.6 Å². The minimum atomic E-state index is -0.456. The molecule has 116 valence electrons. The molecule has 0 radical (unpaired) electrons. The van der Waals surface area contributed by atoms with Crippen molar-refractivity contribution < 1.29 is 9.72 Å². The van der Waals surface area contributed by atoms with E-state index in [1.807, 2.05) is 0 Å². The van der Waals surface area contributed by atoms with E-state index < -0.39 is 4.92 Å². The lowest BCUT2D eigenvalue weighted by Crippen LogP contribution is -2.47. The quantitative estimate of drug-likeness (QED) is 0.684. The highest BCUT2D eigenvalue weighted by atomic mass is 35.5. The summed E-state index contributed by atoms with van der Waals surface area (Å²) in [5.74, 6) is -0.164. The number of aryl methyl sites for hydroxylation is 1. The molecule has 1 unspecified atom stereocenters. The molecule has 1 aliphatic heterocycles. The van der Waals surface area contributed by atoms with Gasteiger partial charge in [-0.1, -0.05) is 6.07 Å². The highest BCUT2D eigenvalue weighted by molar-refractivity contribution is 5.95. The summed E-state index contributed by atoms with van der Waals surface area (Å²) in [6, 6.07) is 4.66. The Kier molecular flexibility index (Phi) is 6.11. The first-order valence-electron chi connectivity index (χ1n) is 6.80. The van der Waals surface area contributed by atoms with Crippen molar-refractivity contribution in [2.75, 3.05) is 13.1 Å². The first kappa shape index (κ1) is 17.4. The number of hydrogen-bond acceptors (Lipinski definition) is 4. The first-order valence-corrected chi connectivity index (χ1v) is 6.80. The minimum absolute atomic E-state index is 0. The lowest BCUT2D eigenvalue weighted by molar-refractivity contribution is -0.385. The molecule has 2 N–H and O–H groups in total. The molecule has 1 amide bonds. The molecular formula is C14H20ClN3O3. The van der Waals surface area contributed by atoms with Crippen molar-refractivity contribution >= 4 is 24.0 Å². The lowest BCUT2D eigenvalue weighted by atomic mass is 10.0. The molecule has 1 fully saturated rings. The maximum Gasteiger partial charge on any atom is 0.273 e. The van der Waals surface area contributed by atoms with Crippen LogP contribution in [0, 0.1) is 17.0 Å². The number of benzene rings is 1. The molecule has 2 rings (SSSR count). The molecule has 1 atom stereocenters. The summed E-state index contributed by atoms with van der Waals surface area (Å²) in [6.07, 6.45) is 2.92. The molecule has 1 aromatic carbocycles. The molecule has 1 aromatic rings. The maximum absolute atomic E-state index is 12.5. The van der Waals surface area contributed by atoms with E-state index in [1.165, 1.54) is 6.07 Å². The zero-order valence-corrected chi connectivity index (χ0v) is 12.8. The van der Waals surface area contributed by atoms with Gasteiger partial charge in [0.25, 0.3) is 11.6 Å². The Bertz CT molecular complexity index is 536. The molecule has 0 spiro atoms. The molecule has 1 aliphatic rings. The standard InChI is InChI=1S/C14H19N3O3.ClH/c1-10-5-6-11(8-13(10)17(19)20)14(18)16-7-3-2-4-12(16)9-15;/h5-6,8,12H,2-4,7,9,15H2,1H3;1H. The second kappa shape index (κ2) is 7.38. The Morgan fingerprint density at radius 3 is 2.81 bits per heavy atom. The van der Waals surface area contributed by atoms with Crippen LogP contribution in [0.2, 0.25) is 0 Å². The van der Waals surface area contributed by atoms with Gasteiger partial charge in [0.2, 0.25) is 0 Å². The SMILES string of the molecule is Cc1ccc(C(=O)N2CCCCC2CN)cc1[N+](=O)[O-].Cl. The van der Waals surface area contributed by atoms with Gasteiger partial charge in [-0.3, -0.25) is 14.9 Å². The van der Waals surface area contributed by atoms with Crippen molar-refractivity contribution in [1.29, 1.82) is 0 Å².